The van der Waals surface area contributed by atoms with Crippen LogP contribution in [0.5, 0.6) is 0 Å². The number of nitrogens with two attached hydrogens (primary N) is 1. The van der Waals surface area contributed by atoms with Gasteiger partial charge in [-0.1, -0.05) is 11.6 Å². The van der Waals surface area contributed by atoms with E-state index in [-0.39, 0.29) is 22.7 Å². The third-order valence-corrected chi connectivity index (χ3v) is 2.70. The molecule has 1 aromatic rings. The van der Waals surface area contributed by atoms with E-state index >= 15 is 0 Å². The minimum Gasteiger partial charge on any atom is -0.325 e. The van der Waals surface area contributed by atoms with E-state index in [0.29, 0.717) is 0 Å². The standard InChI is InChI=1S/C11H12ClF3N4/c12-7-3-6(11(13,14)15)4-9(5-7)18-10(19-16)17-8-1-2-8/h3-5,8H,1-2,16H2,(H2,17,18,19). The van der Waals surface area contributed by atoms with Gasteiger partial charge in [-0.25, -0.2) is 10.8 Å². The lowest BCUT2D eigenvalue weighted by Crippen LogP contribution is -2.36. The number of benzene rings is 1. The fourth-order valence-corrected chi connectivity index (χ4v) is 1.69. The molecule has 0 saturated heterocycles. The highest BCUT2D eigenvalue weighted by Gasteiger charge is 2.31. The molecule has 4 N–H and O–H groups in total. The van der Waals surface area contributed by atoms with Crippen LogP contribution in [0.15, 0.2) is 23.2 Å². The Morgan fingerprint density at radius 2 is 2.00 bits per heavy atom. The average molecular weight is 293 g/mol. The maximum absolute atomic E-state index is 12.6. The van der Waals surface area contributed by atoms with E-state index in [2.05, 4.69) is 15.7 Å². The third kappa shape index (κ3) is 4.00. The number of hydrazine groups is 1. The Balaban J connectivity index is 2.22. The molecular formula is C11H12ClF3N4. The largest absolute Gasteiger partial charge is 0.416 e. The van der Waals surface area contributed by atoms with E-state index in [9.17, 15) is 13.2 Å². The topological polar surface area (TPSA) is 62.4 Å². The normalized spacial score (nSPS) is 16.4. The molecule has 0 heterocycles. The zero-order chi connectivity index (χ0) is 14.0. The van der Waals surface area contributed by atoms with Crippen LogP contribution in [0.2, 0.25) is 5.02 Å². The number of anilines is 1. The molecule has 1 aliphatic rings. The second-order valence-corrected chi connectivity index (χ2v) is 4.64. The molecule has 0 aliphatic heterocycles. The van der Waals surface area contributed by atoms with Gasteiger partial charge in [-0.2, -0.15) is 13.2 Å². The molecule has 0 amide bonds. The van der Waals surface area contributed by atoms with Gasteiger partial charge >= 0.3 is 6.18 Å². The second-order valence-electron chi connectivity index (χ2n) is 4.20. The number of alkyl halides is 3. The van der Waals surface area contributed by atoms with Crippen LogP contribution in [-0.2, 0) is 6.18 Å². The van der Waals surface area contributed by atoms with E-state index in [1.54, 1.807) is 0 Å². The van der Waals surface area contributed by atoms with Crippen LogP contribution in [0, 0.1) is 0 Å². The first-order chi connectivity index (χ1) is 8.88. The quantitative estimate of drug-likeness (QED) is 0.340. The maximum atomic E-state index is 12.6. The molecule has 1 saturated carbocycles. The van der Waals surface area contributed by atoms with Gasteiger partial charge in [0.15, 0.2) is 0 Å². The van der Waals surface area contributed by atoms with E-state index in [1.807, 2.05) is 0 Å². The van der Waals surface area contributed by atoms with Crippen molar-refractivity contribution >= 4 is 23.2 Å². The lowest BCUT2D eigenvalue weighted by atomic mass is 10.2. The number of halogens is 4. The molecule has 19 heavy (non-hydrogen) atoms. The molecule has 8 heteroatoms. The molecule has 2 rings (SSSR count). The number of rotatable bonds is 2. The van der Waals surface area contributed by atoms with Gasteiger partial charge in [-0.05, 0) is 31.0 Å². The third-order valence-electron chi connectivity index (χ3n) is 2.48. The minimum absolute atomic E-state index is 0.0138. The number of aliphatic imine (C=N–C) groups is 1. The van der Waals surface area contributed by atoms with Gasteiger partial charge in [-0.15, -0.1) is 0 Å². The van der Waals surface area contributed by atoms with E-state index < -0.39 is 11.7 Å². The van der Waals surface area contributed by atoms with Crippen molar-refractivity contribution in [3.8, 4) is 0 Å². The summed E-state index contributed by atoms with van der Waals surface area (Å²) in [6, 6.07) is 3.36. The van der Waals surface area contributed by atoms with Crippen LogP contribution in [-0.4, -0.2) is 12.0 Å². The summed E-state index contributed by atoms with van der Waals surface area (Å²) in [5.41, 5.74) is 1.66. The number of nitrogens with zero attached hydrogens (tertiary/aromatic N) is 1. The second kappa shape index (κ2) is 5.26. The smallest absolute Gasteiger partial charge is 0.325 e. The monoisotopic (exact) mass is 292 g/mol. The summed E-state index contributed by atoms with van der Waals surface area (Å²) >= 11 is 5.67. The summed E-state index contributed by atoms with van der Waals surface area (Å²) in [5.74, 6) is 5.48. The fraction of sp³-hybridized carbons (Fsp3) is 0.364. The lowest BCUT2D eigenvalue weighted by Gasteiger charge is -2.12. The Bertz CT molecular complexity index is 497. The lowest BCUT2D eigenvalue weighted by molar-refractivity contribution is -0.137. The van der Waals surface area contributed by atoms with Crippen LogP contribution in [0.4, 0.5) is 18.9 Å². The molecule has 0 atom stereocenters. The predicted molar refractivity (Wildman–Crippen MR) is 67.9 cm³/mol. The summed E-state index contributed by atoms with van der Waals surface area (Å²) in [6.45, 7) is 0. The SMILES string of the molecule is NNC(=NC1CC1)Nc1cc(Cl)cc(C(F)(F)F)c1. The maximum Gasteiger partial charge on any atom is 0.416 e. The van der Waals surface area contributed by atoms with Gasteiger partial charge in [0.05, 0.1) is 11.6 Å². The molecule has 1 aromatic carbocycles. The molecule has 0 spiro atoms. The van der Waals surface area contributed by atoms with Crippen LogP contribution >= 0.6 is 11.6 Å². The van der Waals surface area contributed by atoms with Gasteiger partial charge in [-0.3, -0.25) is 5.43 Å². The Hall–Kier alpha value is -1.47. The van der Waals surface area contributed by atoms with Gasteiger partial charge in [0.1, 0.15) is 0 Å². The number of nitrogens with one attached hydrogen (secondary N) is 2. The molecule has 4 nitrogen and oxygen atoms in total. The van der Waals surface area contributed by atoms with Crippen molar-refractivity contribution in [1.29, 1.82) is 0 Å². The van der Waals surface area contributed by atoms with Crippen molar-refractivity contribution in [3.63, 3.8) is 0 Å². The highest BCUT2D eigenvalue weighted by atomic mass is 35.5. The van der Waals surface area contributed by atoms with Crippen LogP contribution in [0.1, 0.15) is 18.4 Å². The zero-order valence-corrected chi connectivity index (χ0v) is 10.5. The summed E-state index contributed by atoms with van der Waals surface area (Å²) in [6.07, 6.45) is -2.54. The Kier molecular flexibility index (Phi) is 3.86. The van der Waals surface area contributed by atoms with Crippen molar-refractivity contribution in [2.45, 2.75) is 25.1 Å². The van der Waals surface area contributed by atoms with Crippen molar-refractivity contribution < 1.29 is 13.2 Å². The first-order valence-electron chi connectivity index (χ1n) is 5.57. The number of guanidine groups is 1. The molecule has 0 unspecified atom stereocenters. The predicted octanol–water partition coefficient (Wildman–Crippen LogP) is 2.75. The molecule has 0 aromatic heterocycles. The highest BCUT2D eigenvalue weighted by Crippen LogP contribution is 2.33. The van der Waals surface area contributed by atoms with Crippen molar-refractivity contribution in [3.05, 3.63) is 28.8 Å². The van der Waals surface area contributed by atoms with Gasteiger partial charge in [0.25, 0.3) is 0 Å². The van der Waals surface area contributed by atoms with Crippen molar-refractivity contribution in [2.75, 3.05) is 5.32 Å². The van der Waals surface area contributed by atoms with E-state index in [1.165, 1.54) is 6.07 Å². The number of hydrogen-bond acceptors (Lipinski definition) is 2. The van der Waals surface area contributed by atoms with Gasteiger partial charge in [0, 0.05) is 10.7 Å². The van der Waals surface area contributed by atoms with Crippen LogP contribution in [0.3, 0.4) is 0 Å². The number of hydrogen-bond donors (Lipinski definition) is 3. The molecular weight excluding hydrogens is 281 g/mol. The Morgan fingerprint density at radius 1 is 1.32 bits per heavy atom. The van der Waals surface area contributed by atoms with Crippen molar-refractivity contribution in [2.24, 2.45) is 10.8 Å². The molecule has 0 bridgehead atoms. The van der Waals surface area contributed by atoms with Gasteiger partial charge < -0.3 is 5.32 Å². The molecule has 0 radical (unpaired) electrons. The zero-order valence-electron chi connectivity index (χ0n) is 9.76. The Morgan fingerprint density at radius 3 is 2.53 bits per heavy atom. The van der Waals surface area contributed by atoms with E-state index in [4.69, 9.17) is 17.4 Å². The van der Waals surface area contributed by atoms with E-state index in [0.717, 1.165) is 25.0 Å². The first-order valence-corrected chi connectivity index (χ1v) is 5.95. The molecule has 104 valence electrons. The fourth-order valence-electron chi connectivity index (χ4n) is 1.45. The summed E-state index contributed by atoms with van der Waals surface area (Å²) < 4.78 is 37.9. The first kappa shape index (κ1) is 14.0. The summed E-state index contributed by atoms with van der Waals surface area (Å²) in [4.78, 5) is 4.17. The average Bonchev–Trinajstić information content (AvgIpc) is 3.10. The van der Waals surface area contributed by atoms with Crippen LogP contribution in [0.25, 0.3) is 0 Å². The Labute approximate surface area is 112 Å². The van der Waals surface area contributed by atoms with Crippen molar-refractivity contribution in [1.82, 2.24) is 5.43 Å². The molecule has 1 fully saturated rings. The van der Waals surface area contributed by atoms with Crippen LogP contribution < -0.4 is 16.6 Å². The highest BCUT2D eigenvalue weighted by molar-refractivity contribution is 6.31. The van der Waals surface area contributed by atoms with Gasteiger partial charge in [0.2, 0.25) is 5.96 Å². The summed E-state index contributed by atoms with van der Waals surface area (Å²) in [5, 5.41) is 2.67. The minimum atomic E-state index is -4.45. The molecule has 1 aliphatic carbocycles. The summed E-state index contributed by atoms with van der Waals surface area (Å²) in [7, 11) is 0.